The summed E-state index contributed by atoms with van der Waals surface area (Å²) >= 11 is 0. The molecular formula is C69H134O17P2. The lowest BCUT2D eigenvalue weighted by molar-refractivity contribution is -0.161. The molecule has 0 amide bonds. The van der Waals surface area contributed by atoms with Crippen LogP contribution >= 0.6 is 15.6 Å². The number of phosphoric acid groups is 2. The number of phosphoric ester groups is 2. The van der Waals surface area contributed by atoms with E-state index >= 15 is 0 Å². The van der Waals surface area contributed by atoms with Crippen LogP contribution in [0.3, 0.4) is 0 Å². The first-order valence-electron chi connectivity index (χ1n) is 35.8. The van der Waals surface area contributed by atoms with Crippen LogP contribution in [0.2, 0.25) is 0 Å². The summed E-state index contributed by atoms with van der Waals surface area (Å²) in [5, 5.41) is 10.6. The molecule has 0 saturated heterocycles. The van der Waals surface area contributed by atoms with E-state index in [1.165, 1.54) is 135 Å². The van der Waals surface area contributed by atoms with Crippen LogP contribution in [0.1, 0.15) is 338 Å². The van der Waals surface area contributed by atoms with E-state index in [-0.39, 0.29) is 25.7 Å². The molecule has 522 valence electrons. The summed E-state index contributed by atoms with van der Waals surface area (Å²) < 4.78 is 68.1. The quantitative estimate of drug-likeness (QED) is 0.0222. The number of aliphatic hydroxyl groups excluding tert-OH is 1. The Morgan fingerprint density at radius 3 is 0.807 bits per heavy atom. The summed E-state index contributed by atoms with van der Waals surface area (Å²) in [5.74, 6) is 0.831. The van der Waals surface area contributed by atoms with Gasteiger partial charge in [-0.2, -0.15) is 0 Å². The molecule has 17 nitrogen and oxygen atoms in total. The molecule has 0 rings (SSSR count). The van der Waals surface area contributed by atoms with Crippen LogP contribution in [0, 0.1) is 23.7 Å². The molecule has 88 heavy (non-hydrogen) atoms. The maximum atomic E-state index is 13.0. The zero-order chi connectivity index (χ0) is 65.4. The van der Waals surface area contributed by atoms with Gasteiger partial charge in [0.15, 0.2) is 12.2 Å². The predicted octanol–water partition coefficient (Wildman–Crippen LogP) is 19.3. The average Bonchev–Trinajstić information content (AvgIpc) is 3.42. The third-order valence-electron chi connectivity index (χ3n) is 16.5. The third kappa shape index (κ3) is 60.3. The lowest BCUT2D eigenvalue weighted by Gasteiger charge is -2.21. The van der Waals surface area contributed by atoms with Crippen molar-refractivity contribution in [3.8, 4) is 0 Å². The normalized spacial score (nSPS) is 14.9. The van der Waals surface area contributed by atoms with Crippen LogP contribution < -0.4 is 0 Å². The number of hydrogen-bond donors (Lipinski definition) is 3. The van der Waals surface area contributed by atoms with E-state index in [0.29, 0.717) is 31.6 Å². The van der Waals surface area contributed by atoms with E-state index < -0.39 is 97.5 Å². The van der Waals surface area contributed by atoms with Crippen LogP contribution in [0.4, 0.5) is 0 Å². The molecular weight excluding hydrogens is 1160 g/mol. The predicted molar refractivity (Wildman–Crippen MR) is 354 cm³/mol. The molecule has 0 aromatic heterocycles. The van der Waals surface area contributed by atoms with Crippen molar-refractivity contribution in [2.24, 2.45) is 23.7 Å². The highest BCUT2D eigenvalue weighted by atomic mass is 31.2. The van der Waals surface area contributed by atoms with Gasteiger partial charge in [0.25, 0.3) is 0 Å². The maximum Gasteiger partial charge on any atom is 0.472 e. The molecule has 0 fully saturated rings. The van der Waals surface area contributed by atoms with Crippen molar-refractivity contribution in [1.29, 1.82) is 0 Å². The first kappa shape index (κ1) is 86.1. The Kier molecular flexibility index (Phi) is 57.6. The Hall–Kier alpha value is -1.94. The highest BCUT2D eigenvalue weighted by molar-refractivity contribution is 7.47. The number of esters is 4. The van der Waals surface area contributed by atoms with Gasteiger partial charge in [0.05, 0.1) is 26.4 Å². The van der Waals surface area contributed by atoms with Gasteiger partial charge in [-0.15, -0.1) is 0 Å². The minimum absolute atomic E-state index is 0.101. The van der Waals surface area contributed by atoms with Crippen molar-refractivity contribution in [1.82, 2.24) is 0 Å². The Balaban J connectivity index is 5.19. The molecule has 7 atom stereocenters. The molecule has 0 aliphatic heterocycles. The van der Waals surface area contributed by atoms with Gasteiger partial charge in [0, 0.05) is 25.7 Å². The number of hydrogen-bond acceptors (Lipinski definition) is 15. The fourth-order valence-electron chi connectivity index (χ4n) is 10.2. The molecule has 0 aliphatic rings. The maximum absolute atomic E-state index is 13.0. The molecule has 3 N–H and O–H groups in total. The van der Waals surface area contributed by atoms with Crippen molar-refractivity contribution >= 4 is 39.5 Å². The summed E-state index contributed by atoms with van der Waals surface area (Å²) in [6.07, 6.45) is 40.6. The molecule has 0 bridgehead atoms. The van der Waals surface area contributed by atoms with Gasteiger partial charge < -0.3 is 33.8 Å². The standard InChI is InChI=1S/C69H134O17P2/c1-9-61(7)47-39-31-22-17-15-13-11-12-14-16-18-23-33-41-49-66(71)79-55-64(85-68(73)51-43-35-24-20-19-21-29-37-45-59(3)4)57-83-87(75,76)81-53-63(70)54-82-88(77,78)84-58-65(86-69(74)52-44-36-27-25-30-38-46-60(5)6)56-80-67(72)50-42-34-28-26-32-40-48-62(8)10-2/h59-65,70H,9-58H2,1-8H3,(H,75,76)(H,77,78)/t61?,62?,63-,64-,65-/m1/s1. The third-order valence-corrected chi connectivity index (χ3v) is 18.4. The minimum atomic E-state index is -4.95. The first-order chi connectivity index (χ1) is 42.2. The van der Waals surface area contributed by atoms with E-state index in [1.807, 2.05) is 0 Å². The molecule has 4 unspecified atom stereocenters. The smallest absolute Gasteiger partial charge is 0.462 e. The van der Waals surface area contributed by atoms with E-state index in [2.05, 4.69) is 55.4 Å². The zero-order valence-corrected chi connectivity index (χ0v) is 59.1. The summed E-state index contributed by atoms with van der Waals surface area (Å²) in [6.45, 7) is 14.0. The summed E-state index contributed by atoms with van der Waals surface area (Å²) in [5.41, 5.74) is 0. The average molecular weight is 1300 g/mol. The molecule has 0 heterocycles. The Bertz CT molecular complexity index is 1750. The lowest BCUT2D eigenvalue weighted by Crippen LogP contribution is -2.30. The van der Waals surface area contributed by atoms with Crippen LogP contribution in [0.15, 0.2) is 0 Å². The number of ether oxygens (including phenoxy) is 4. The second-order valence-corrected chi connectivity index (χ2v) is 29.3. The molecule has 0 aromatic carbocycles. The monoisotopic (exact) mass is 1300 g/mol. The number of rotatable bonds is 66. The largest absolute Gasteiger partial charge is 0.472 e. The van der Waals surface area contributed by atoms with Crippen LogP contribution in [0.5, 0.6) is 0 Å². The second kappa shape index (κ2) is 58.8. The van der Waals surface area contributed by atoms with E-state index in [4.69, 9.17) is 37.0 Å². The molecule has 0 radical (unpaired) electrons. The van der Waals surface area contributed by atoms with Gasteiger partial charge in [-0.3, -0.25) is 37.3 Å². The van der Waals surface area contributed by atoms with Crippen LogP contribution in [-0.4, -0.2) is 96.7 Å². The van der Waals surface area contributed by atoms with Gasteiger partial charge in [-0.25, -0.2) is 9.13 Å². The van der Waals surface area contributed by atoms with Crippen molar-refractivity contribution < 1.29 is 80.2 Å². The number of carbonyl (C=O) groups excluding carboxylic acids is 4. The molecule has 19 heteroatoms. The summed E-state index contributed by atoms with van der Waals surface area (Å²) in [4.78, 5) is 72.4. The second-order valence-electron chi connectivity index (χ2n) is 26.4. The summed E-state index contributed by atoms with van der Waals surface area (Å²) in [6, 6.07) is 0. The van der Waals surface area contributed by atoms with Crippen molar-refractivity contribution in [3.63, 3.8) is 0 Å². The van der Waals surface area contributed by atoms with E-state index in [0.717, 1.165) is 114 Å². The number of aliphatic hydroxyl groups is 1. The SMILES string of the molecule is CCC(C)CCCCCCCCCCCCCCCCC(=O)OC[C@H](COP(=O)(O)OC[C@@H](O)COP(=O)(O)OC[C@@H](COC(=O)CCCCCCCCC(C)CC)OC(=O)CCCCCCCCC(C)C)OC(=O)CCCCCCCCCCC(C)C. The highest BCUT2D eigenvalue weighted by Crippen LogP contribution is 2.45. The fourth-order valence-corrected chi connectivity index (χ4v) is 11.8. The first-order valence-corrected chi connectivity index (χ1v) is 38.8. The van der Waals surface area contributed by atoms with Gasteiger partial charge >= 0.3 is 39.5 Å². The van der Waals surface area contributed by atoms with Gasteiger partial charge in [-0.1, -0.05) is 287 Å². The molecule has 0 saturated carbocycles. The van der Waals surface area contributed by atoms with Crippen molar-refractivity contribution in [2.45, 2.75) is 356 Å². The Morgan fingerprint density at radius 1 is 0.318 bits per heavy atom. The van der Waals surface area contributed by atoms with Crippen molar-refractivity contribution in [2.75, 3.05) is 39.6 Å². The van der Waals surface area contributed by atoms with Crippen LogP contribution in [0.25, 0.3) is 0 Å². The topological polar surface area (TPSA) is 237 Å². The van der Waals surface area contributed by atoms with E-state index in [1.54, 1.807) is 0 Å². The molecule has 0 aromatic rings. The fraction of sp³-hybridized carbons (Fsp3) is 0.942. The van der Waals surface area contributed by atoms with E-state index in [9.17, 15) is 43.2 Å². The zero-order valence-electron chi connectivity index (χ0n) is 57.3. The molecule has 0 aliphatic carbocycles. The Labute approximate surface area is 537 Å². The van der Waals surface area contributed by atoms with Crippen LogP contribution in [-0.2, 0) is 65.4 Å². The van der Waals surface area contributed by atoms with Gasteiger partial charge in [-0.05, 0) is 49.4 Å². The van der Waals surface area contributed by atoms with Crippen molar-refractivity contribution in [3.05, 3.63) is 0 Å². The Morgan fingerprint density at radius 2 is 0.545 bits per heavy atom. The summed E-state index contributed by atoms with van der Waals surface area (Å²) in [7, 11) is -9.90. The highest BCUT2D eigenvalue weighted by Gasteiger charge is 2.30. The number of carbonyl (C=O) groups is 4. The molecule has 0 spiro atoms. The van der Waals surface area contributed by atoms with Gasteiger partial charge in [0.1, 0.15) is 19.3 Å². The number of unbranched alkanes of at least 4 members (excludes halogenated alkanes) is 30. The lowest BCUT2D eigenvalue weighted by atomic mass is 9.99. The minimum Gasteiger partial charge on any atom is -0.462 e. The van der Waals surface area contributed by atoms with Gasteiger partial charge in [0.2, 0.25) is 0 Å².